The molecule has 0 aromatic heterocycles. The van der Waals surface area contributed by atoms with Crippen molar-refractivity contribution in [1.82, 2.24) is 5.32 Å². The van der Waals surface area contributed by atoms with Crippen molar-refractivity contribution >= 4 is 17.8 Å². The maximum atomic E-state index is 12.9. The predicted molar refractivity (Wildman–Crippen MR) is 122 cm³/mol. The first-order valence-electron chi connectivity index (χ1n) is 12.8. The molecule has 1 aromatic carbocycles. The third-order valence-electron chi connectivity index (χ3n) is 8.36. The Bertz CT molecular complexity index is 872. The minimum absolute atomic E-state index is 0.0126. The van der Waals surface area contributed by atoms with Crippen LogP contribution in [0.15, 0.2) is 24.3 Å². The molecule has 6 nitrogen and oxygen atoms in total. The van der Waals surface area contributed by atoms with Gasteiger partial charge in [0.25, 0.3) is 0 Å². The quantitative estimate of drug-likeness (QED) is 0.474. The number of nitrogens with one attached hydrogen (secondary N) is 1. The zero-order valence-electron chi connectivity index (χ0n) is 19.5. The van der Waals surface area contributed by atoms with Gasteiger partial charge in [0.2, 0.25) is 5.91 Å². The van der Waals surface area contributed by atoms with Gasteiger partial charge in [0, 0.05) is 12.3 Å². The third-order valence-corrected chi connectivity index (χ3v) is 8.36. The molecule has 1 aromatic rings. The van der Waals surface area contributed by atoms with E-state index in [1.165, 1.54) is 25.7 Å². The largest absolute Gasteiger partial charge is 0.464 e. The number of esters is 2. The second kappa shape index (κ2) is 9.47. The van der Waals surface area contributed by atoms with E-state index in [1.807, 2.05) is 12.1 Å². The predicted octanol–water partition coefficient (Wildman–Crippen LogP) is 4.05. The van der Waals surface area contributed by atoms with Crippen molar-refractivity contribution in [3.05, 3.63) is 29.8 Å². The van der Waals surface area contributed by atoms with Crippen molar-refractivity contribution < 1.29 is 23.9 Å². The molecule has 0 radical (unpaired) electrons. The Morgan fingerprint density at radius 2 is 1.42 bits per heavy atom. The van der Waals surface area contributed by atoms with Crippen LogP contribution in [-0.4, -0.2) is 30.5 Å². The molecule has 4 fully saturated rings. The molecule has 0 bridgehead atoms. The van der Waals surface area contributed by atoms with Gasteiger partial charge in [-0.05, 0) is 74.0 Å². The average Bonchev–Trinajstić information content (AvgIpc) is 3.72. The minimum atomic E-state index is -0.705. The molecule has 5 rings (SSSR count). The Morgan fingerprint density at radius 1 is 0.879 bits per heavy atom. The number of fused-ring (bicyclic) bond motifs is 2. The van der Waals surface area contributed by atoms with Gasteiger partial charge < -0.3 is 14.8 Å². The highest BCUT2D eigenvalue weighted by Gasteiger charge is 2.56. The van der Waals surface area contributed by atoms with Crippen LogP contribution in [0.3, 0.4) is 0 Å². The number of rotatable bonds is 8. The number of carbonyl (C=O) groups excluding carboxylic acids is 3. The monoisotopic (exact) mass is 453 g/mol. The van der Waals surface area contributed by atoms with Crippen LogP contribution in [0.5, 0.6) is 5.75 Å². The fraction of sp³-hybridized carbons (Fsp3) is 0.667. The Kier molecular flexibility index (Phi) is 6.44. The van der Waals surface area contributed by atoms with Gasteiger partial charge in [-0.25, -0.2) is 4.79 Å². The van der Waals surface area contributed by atoms with Gasteiger partial charge in [0.15, 0.2) is 0 Å². The summed E-state index contributed by atoms with van der Waals surface area (Å²) in [4.78, 5) is 37.9. The summed E-state index contributed by atoms with van der Waals surface area (Å²) in [6, 6.07) is 6.57. The molecule has 0 aliphatic heterocycles. The Morgan fingerprint density at radius 3 is 1.97 bits per heavy atom. The van der Waals surface area contributed by atoms with Crippen molar-refractivity contribution in [2.75, 3.05) is 6.61 Å². The van der Waals surface area contributed by atoms with Gasteiger partial charge >= 0.3 is 11.9 Å². The highest BCUT2D eigenvalue weighted by Crippen LogP contribution is 2.56. The highest BCUT2D eigenvalue weighted by atomic mass is 16.5. The van der Waals surface area contributed by atoms with Gasteiger partial charge in [-0.1, -0.05) is 37.8 Å². The molecule has 5 atom stereocenters. The van der Waals surface area contributed by atoms with Gasteiger partial charge in [-0.3, -0.25) is 9.59 Å². The van der Waals surface area contributed by atoms with E-state index in [-0.39, 0.29) is 30.3 Å². The molecule has 0 heterocycles. The second-order valence-corrected chi connectivity index (χ2v) is 10.4. The van der Waals surface area contributed by atoms with Gasteiger partial charge in [-0.15, -0.1) is 0 Å². The second-order valence-electron chi connectivity index (χ2n) is 10.4. The molecule has 178 valence electrons. The van der Waals surface area contributed by atoms with Crippen LogP contribution in [0.1, 0.15) is 63.9 Å². The summed E-state index contributed by atoms with van der Waals surface area (Å²) in [6.45, 7) is 2.04. The molecule has 6 heteroatoms. The van der Waals surface area contributed by atoms with E-state index < -0.39 is 12.0 Å². The maximum absolute atomic E-state index is 12.9. The van der Waals surface area contributed by atoms with Gasteiger partial charge in [-0.2, -0.15) is 0 Å². The molecule has 4 aliphatic carbocycles. The molecule has 1 amide bonds. The van der Waals surface area contributed by atoms with Crippen LogP contribution in [0, 0.1) is 35.5 Å². The zero-order valence-corrected chi connectivity index (χ0v) is 19.5. The Labute approximate surface area is 195 Å². The number of carbonyl (C=O) groups is 3. The first kappa shape index (κ1) is 22.4. The van der Waals surface area contributed by atoms with Crippen LogP contribution >= 0.6 is 0 Å². The van der Waals surface area contributed by atoms with E-state index in [1.54, 1.807) is 19.1 Å². The summed E-state index contributed by atoms with van der Waals surface area (Å²) in [5, 5.41) is 2.97. The third kappa shape index (κ3) is 4.80. The topological polar surface area (TPSA) is 81.7 Å². The summed E-state index contributed by atoms with van der Waals surface area (Å²) < 4.78 is 10.9. The lowest BCUT2D eigenvalue weighted by Gasteiger charge is -2.18. The number of amides is 1. The SMILES string of the molecule is CCOC(=O)C(Cc1ccc(OC(=O)C2C3CCCCC32)cc1)NC(=O)C1C2CCCCC21. The number of hydrogen-bond acceptors (Lipinski definition) is 5. The lowest BCUT2D eigenvalue weighted by Crippen LogP contribution is -2.44. The summed E-state index contributed by atoms with van der Waals surface area (Å²) in [5.74, 6) is 2.16. The molecule has 0 saturated heterocycles. The zero-order chi connectivity index (χ0) is 22.9. The van der Waals surface area contributed by atoms with E-state index in [0.717, 1.165) is 31.2 Å². The van der Waals surface area contributed by atoms with Gasteiger partial charge in [0.1, 0.15) is 11.8 Å². The smallest absolute Gasteiger partial charge is 0.328 e. The van der Waals surface area contributed by atoms with E-state index in [4.69, 9.17) is 9.47 Å². The van der Waals surface area contributed by atoms with Crippen molar-refractivity contribution in [3.8, 4) is 5.75 Å². The fourth-order valence-electron chi connectivity index (χ4n) is 6.54. The fourth-order valence-corrected chi connectivity index (χ4v) is 6.54. The number of benzene rings is 1. The summed E-state index contributed by atoms with van der Waals surface area (Å²) in [7, 11) is 0. The molecule has 4 aliphatic rings. The van der Waals surface area contributed by atoms with Gasteiger partial charge in [0.05, 0.1) is 12.5 Å². The van der Waals surface area contributed by atoms with Crippen LogP contribution in [0.2, 0.25) is 0 Å². The van der Waals surface area contributed by atoms with E-state index in [0.29, 0.717) is 35.8 Å². The summed E-state index contributed by atoms with van der Waals surface area (Å²) >= 11 is 0. The molecule has 1 N–H and O–H groups in total. The lowest BCUT2D eigenvalue weighted by atomic mass is 10.0. The first-order chi connectivity index (χ1) is 16.1. The van der Waals surface area contributed by atoms with Crippen LogP contribution in [0.25, 0.3) is 0 Å². The van der Waals surface area contributed by atoms with E-state index >= 15 is 0 Å². The minimum Gasteiger partial charge on any atom is -0.464 e. The standard InChI is InChI=1S/C27H35NO5/c1-2-32-26(30)22(28-25(29)23-18-7-3-4-8-19(18)23)15-16-11-13-17(14-12-16)33-27(31)24-20-9-5-6-10-21(20)24/h11-14,18-24H,2-10,15H2,1H3,(H,28,29). The Hall–Kier alpha value is -2.37. The molecule has 5 unspecified atom stereocenters. The van der Waals surface area contributed by atoms with E-state index in [2.05, 4.69) is 5.32 Å². The average molecular weight is 454 g/mol. The number of ether oxygens (including phenoxy) is 2. The molecule has 33 heavy (non-hydrogen) atoms. The summed E-state index contributed by atoms with van der Waals surface area (Å²) in [5.41, 5.74) is 0.890. The summed E-state index contributed by atoms with van der Waals surface area (Å²) in [6.07, 6.45) is 9.73. The van der Waals surface area contributed by atoms with Crippen LogP contribution in [-0.2, 0) is 25.5 Å². The van der Waals surface area contributed by atoms with Crippen LogP contribution in [0.4, 0.5) is 0 Å². The lowest BCUT2D eigenvalue weighted by molar-refractivity contribution is -0.147. The van der Waals surface area contributed by atoms with Crippen molar-refractivity contribution in [2.24, 2.45) is 35.5 Å². The van der Waals surface area contributed by atoms with Crippen molar-refractivity contribution in [2.45, 2.75) is 70.8 Å². The number of hydrogen-bond donors (Lipinski definition) is 1. The molecule has 0 spiro atoms. The Balaban J connectivity index is 1.17. The maximum Gasteiger partial charge on any atom is 0.328 e. The molecular formula is C27H35NO5. The molecular weight excluding hydrogens is 418 g/mol. The van der Waals surface area contributed by atoms with Crippen molar-refractivity contribution in [3.63, 3.8) is 0 Å². The highest BCUT2D eigenvalue weighted by molar-refractivity contribution is 5.88. The molecule has 4 saturated carbocycles. The normalized spacial score (nSPS) is 32.5. The first-order valence-corrected chi connectivity index (χ1v) is 12.8. The van der Waals surface area contributed by atoms with Crippen LogP contribution < -0.4 is 10.1 Å². The van der Waals surface area contributed by atoms with Crippen molar-refractivity contribution in [1.29, 1.82) is 0 Å². The van der Waals surface area contributed by atoms with E-state index in [9.17, 15) is 14.4 Å².